The Morgan fingerprint density at radius 1 is 1.55 bits per heavy atom. The van der Waals surface area contributed by atoms with Crippen LogP contribution in [0.1, 0.15) is 11.4 Å². The highest BCUT2D eigenvalue weighted by molar-refractivity contribution is 6.30. The van der Waals surface area contributed by atoms with Crippen molar-refractivity contribution in [1.29, 1.82) is 5.26 Å². The average molecular weight is 187 g/mol. The second-order valence-corrected chi connectivity index (χ2v) is 2.61. The lowest BCUT2D eigenvalue weighted by Gasteiger charge is -1.95. The molecule has 1 heterocycles. The summed E-state index contributed by atoms with van der Waals surface area (Å²) in [4.78, 5) is 3.89. The molecule has 0 fully saturated rings. The van der Waals surface area contributed by atoms with Gasteiger partial charge in [-0.3, -0.25) is 0 Å². The SMILES string of the molecule is N#Cc1cc(Cl)cc(CCl)n1. The van der Waals surface area contributed by atoms with E-state index in [1.165, 1.54) is 6.07 Å². The topological polar surface area (TPSA) is 36.7 Å². The number of alkyl halides is 1. The van der Waals surface area contributed by atoms with E-state index in [0.717, 1.165) is 0 Å². The van der Waals surface area contributed by atoms with Gasteiger partial charge in [-0.15, -0.1) is 11.6 Å². The van der Waals surface area contributed by atoms with E-state index < -0.39 is 0 Å². The van der Waals surface area contributed by atoms with Gasteiger partial charge in [-0.1, -0.05) is 11.6 Å². The quantitative estimate of drug-likeness (QED) is 0.632. The summed E-state index contributed by atoms with van der Waals surface area (Å²) in [6.07, 6.45) is 0. The van der Waals surface area contributed by atoms with Gasteiger partial charge in [0.25, 0.3) is 0 Å². The minimum Gasteiger partial charge on any atom is -0.241 e. The van der Waals surface area contributed by atoms with Crippen LogP contribution in [0.2, 0.25) is 5.02 Å². The summed E-state index contributed by atoms with van der Waals surface area (Å²) >= 11 is 11.2. The van der Waals surface area contributed by atoms with E-state index in [0.29, 0.717) is 16.4 Å². The van der Waals surface area contributed by atoms with Gasteiger partial charge in [0.1, 0.15) is 11.8 Å². The zero-order valence-corrected chi connectivity index (χ0v) is 7.02. The van der Waals surface area contributed by atoms with Crippen LogP contribution in [-0.2, 0) is 5.88 Å². The maximum Gasteiger partial charge on any atom is 0.142 e. The molecule has 11 heavy (non-hydrogen) atoms. The van der Waals surface area contributed by atoms with Crippen molar-refractivity contribution < 1.29 is 0 Å². The van der Waals surface area contributed by atoms with Crippen molar-refractivity contribution in [2.75, 3.05) is 0 Å². The van der Waals surface area contributed by atoms with Crippen molar-refractivity contribution in [2.24, 2.45) is 0 Å². The van der Waals surface area contributed by atoms with Crippen LogP contribution >= 0.6 is 23.2 Å². The minimum absolute atomic E-state index is 0.273. The van der Waals surface area contributed by atoms with Crippen molar-refractivity contribution in [2.45, 2.75) is 5.88 Å². The Balaban J connectivity index is 3.15. The van der Waals surface area contributed by atoms with Crippen LogP contribution in [0.3, 0.4) is 0 Å². The first-order valence-electron chi connectivity index (χ1n) is 2.89. The molecule has 0 atom stereocenters. The normalized spacial score (nSPS) is 9.18. The summed E-state index contributed by atoms with van der Waals surface area (Å²) in [6.45, 7) is 0. The van der Waals surface area contributed by atoms with Crippen LogP contribution < -0.4 is 0 Å². The lowest BCUT2D eigenvalue weighted by atomic mass is 10.3. The minimum atomic E-state index is 0.273. The molecule has 0 aliphatic carbocycles. The molecule has 4 heteroatoms. The van der Waals surface area contributed by atoms with Gasteiger partial charge in [-0.25, -0.2) is 4.98 Å². The summed E-state index contributed by atoms with van der Waals surface area (Å²) in [6, 6.07) is 5.02. The van der Waals surface area contributed by atoms with Gasteiger partial charge in [0.2, 0.25) is 0 Å². The molecule has 0 unspecified atom stereocenters. The number of halogens is 2. The third-order valence-corrected chi connectivity index (χ3v) is 1.59. The fourth-order valence-electron chi connectivity index (χ4n) is 0.676. The third kappa shape index (κ3) is 2.07. The Bertz CT molecular complexity index is 304. The molecule has 1 rings (SSSR count). The molecule has 0 bridgehead atoms. The molecule has 0 saturated heterocycles. The maximum atomic E-state index is 8.47. The van der Waals surface area contributed by atoms with Gasteiger partial charge in [0, 0.05) is 5.02 Å². The Kier molecular flexibility index (Phi) is 2.70. The second-order valence-electron chi connectivity index (χ2n) is 1.91. The first-order chi connectivity index (χ1) is 5.26. The Labute approximate surface area is 74.4 Å². The smallest absolute Gasteiger partial charge is 0.142 e. The molecule has 0 aliphatic rings. The Morgan fingerprint density at radius 3 is 2.82 bits per heavy atom. The monoisotopic (exact) mass is 186 g/mol. The highest BCUT2D eigenvalue weighted by Crippen LogP contribution is 2.12. The van der Waals surface area contributed by atoms with Gasteiger partial charge in [-0.05, 0) is 12.1 Å². The highest BCUT2D eigenvalue weighted by Gasteiger charge is 1.98. The summed E-state index contributed by atoms with van der Waals surface area (Å²) in [5.41, 5.74) is 0.920. The van der Waals surface area contributed by atoms with E-state index in [1.807, 2.05) is 6.07 Å². The van der Waals surface area contributed by atoms with Gasteiger partial charge in [0.05, 0.1) is 11.6 Å². The molecule has 2 nitrogen and oxygen atoms in total. The van der Waals surface area contributed by atoms with Gasteiger partial charge in [-0.2, -0.15) is 5.26 Å². The lowest BCUT2D eigenvalue weighted by molar-refractivity contribution is 1.14. The highest BCUT2D eigenvalue weighted by atomic mass is 35.5. The number of nitriles is 1. The van der Waals surface area contributed by atoms with Crippen LogP contribution in [0.5, 0.6) is 0 Å². The fourth-order valence-corrected chi connectivity index (χ4v) is 1.04. The van der Waals surface area contributed by atoms with Crippen LogP contribution in [0.4, 0.5) is 0 Å². The molecular weight excluding hydrogens is 183 g/mol. The predicted molar refractivity (Wildman–Crippen MR) is 43.5 cm³/mol. The molecule has 1 aromatic rings. The van der Waals surface area contributed by atoms with E-state index in [1.54, 1.807) is 6.07 Å². The molecule has 0 aromatic carbocycles. The fraction of sp³-hybridized carbons (Fsp3) is 0.143. The number of pyridine rings is 1. The van der Waals surface area contributed by atoms with Crippen molar-refractivity contribution in [3.8, 4) is 6.07 Å². The van der Waals surface area contributed by atoms with E-state index in [2.05, 4.69) is 4.98 Å². The number of nitrogens with zero attached hydrogens (tertiary/aromatic N) is 2. The standard InChI is InChI=1S/C7H4Cl2N2/c8-3-6-1-5(9)2-7(4-10)11-6/h1-2H,3H2. The number of hydrogen-bond donors (Lipinski definition) is 0. The van der Waals surface area contributed by atoms with Crippen molar-refractivity contribution in [3.05, 3.63) is 28.5 Å². The third-order valence-electron chi connectivity index (χ3n) is 1.09. The second kappa shape index (κ2) is 3.56. The number of rotatable bonds is 1. The van der Waals surface area contributed by atoms with Crippen LogP contribution in [-0.4, -0.2) is 4.98 Å². The molecule has 0 aliphatic heterocycles. The average Bonchev–Trinajstić information content (AvgIpc) is 2.03. The summed E-state index contributed by atoms with van der Waals surface area (Å²) in [5, 5.41) is 8.96. The molecule has 0 radical (unpaired) electrons. The van der Waals surface area contributed by atoms with E-state index in [-0.39, 0.29) is 5.88 Å². The maximum absolute atomic E-state index is 8.47. The predicted octanol–water partition coefficient (Wildman–Crippen LogP) is 2.35. The number of hydrogen-bond acceptors (Lipinski definition) is 2. The van der Waals surface area contributed by atoms with Gasteiger partial charge >= 0.3 is 0 Å². The molecule has 0 N–H and O–H groups in total. The zero-order chi connectivity index (χ0) is 8.27. The number of aromatic nitrogens is 1. The zero-order valence-electron chi connectivity index (χ0n) is 5.51. The van der Waals surface area contributed by atoms with Crippen LogP contribution in [0, 0.1) is 11.3 Å². The summed E-state index contributed by atoms with van der Waals surface area (Å²) in [7, 11) is 0. The summed E-state index contributed by atoms with van der Waals surface area (Å²) < 4.78 is 0. The van der Waals surface area contributed by atoms with Crippen LogP contribution in [0.25, 0.3) is 0 Å². The Morgan fingerprint density at radius 2 is 2.27 bits per heavy atom. The first-order valence-corrected chi connectivity index (χ1v) is 3.80. The van der Waals surface area contributed by atoms with Gasteiger partial charge in [0.15, 0.2) is 0 Å². The molecule has 0 saturated carbocycles. The van der Waals surface area contributed by atoms with E-state index in [4.69, 9.17) is 28.5 Å². The molecular formula is C7H4Cl2N2. The summed E-state index contributed by atoms with van der Waals surface area (Å²) in [5.74, 6) is 0.273. The molecule has 0 spiro atoms. The largest absolute Gasteiger partial charge is 0.241 e. The van der Waals surface area contributed by atoms with E-state index >= 15 is 0 Å². The Hall–Kier alpha value is -0.780. The molecule has 1 aromatic heterocycles. The van der Waals surface area contributed by atoms with Gasteiger partial charge < -0.3 is 0 Å². The van der Waals surface area contributed by atoms with Crippen LogP contribution in [0.15, 0.2) is 12.1 Å². The van der Waals surface area contributed by atoms with Crippen molar-refractivity contribution in [1.82, 2.24) is 4.98 Å². The molecule has 56 valence electrons. The lowest BCUT2D eigenvalue weighted by Crippen LogP contribution is -1.88. The molecule has 0 amide bonds. The van der Waals surface area contributed by atoms with Crippen molar-refractivity contribution in [3.63, 3.8) is 0 Å². The van der Waals surface area contributed by atoms with E-state index in [9.17, 15) is 0 Å². The van der Waals surface area contributed by atoms with Crippen molar-refractivity contribution >= 4 is 23.2 Å². The first kappa shape index (κ1) is 8.32.